The second-order valence-corrected chi connectivity index (χ2v) is 5.67. The van der Waals surface area contributed by atoms with E-state index >= 15 is 0 Å². The summed E-state index contributed by atoms with van der Waals surface area (Å²) in [6, 6.07) is 7.48. The first-order chi connectivity index (χ1) is 10.1. The van der Waals surface area contributed by atoms with Crippen molar-refractivity contribution in [1.82, 2.24) is 10.2 Å². The summed E-state index contributed by atoms with van der Waals surface area (Å²) in [4.78, 5) is 24.3. The Hall–Kier alpha value is -1.75. The number of hydrogen-bond acceptors (Lipinski definition) is 2. The van der Waals surface area contributed by atoms with E-state index < -0.39 is 11.9 Å². The van der Waals surface area contributed by atoms with Crippen LogP contribution in [-0.2, 0) is 11.2 Å². The van der Waals surface area contributed by atoms with Crippen LogP contribution in [-0.4, -0.2) is 41.6 Å². The molecule has 21 heavy (non-hydrogen) atoms. The molecule has 0 radical (unpaired) electrons. The molecule has 114 valence electrons. The van der Waals surface area contributed by atoms with Crippen molar-refractivity contribution in [3.8, 4) is 0 Å². The molecule has 1 unspecified atom stereocenters. The molecule has 0 bridgehead atoms. The molecule has 1 atom stereocenters. The Labute approximate surface area is 128 Å². The number of benzene rings is 1. The van der Waals surface area contributed by atoms with Crippen molar-refractivity contribution >= 4 is 23.6 Å². The third kappa shape index (κ3) is 4.63. The van der Waals surface area contributed by atoms with Crippen LogP contribution < -0.4 is 5.32 Å². The standard InChI is InChI=1S/C15H19ClN2O3/c16-13-5-3-11(4-6-13)2-1-8-17-15(21)18-9-7-12(10-18)14(19)20/h3-6,12H,1-2,7-10H2,(H,17,21)(H,19,20). The summed E-state index contributed by atoms with van der Waals surface area (Å²) >= 11 is 5.82. The molecule has 1 saturated heterocycles. The number of rotatable bonds is 5. The summed E-state index contributed by atoms with van der Waals surface area (Å²) in [6.45, 7) is 1.40. The SMILES string of the molecule is O=C(O)C1CCN(C(=O)NCCCc2ccc(Cl)cc2)C1. The van der Waals surface area contributed by atoms with E-state index in [1.807, 2.05) is 24.3 Å². The van der Waals surface area contributed by atoms with Crippen molar-refractivity contribution in [3.63, 3.8) is 0 Å². The quantitative estimate of drug-likeness (QED) is 0.820. The summed E-state index contributed by atoms with van der Waals surface area (Å²) in [6.07, 6.45) is 2.24. The van der Waals surface area contributed by atoms with E-state index in [0.717, 1.165) is 12.8 Å². The highest BCUT2D eigenvalue weighted by atomic mass is 35.5. The maximum atomic E-state index is 11.9. The molecule has 5 nitrogen and oxygen atoms in total. The third-order valence-corrected chi connectivity index (χ3v) is 3.91. The van der Waals surface area contributed by atoms with Crippen LogP contribution in [0.25, 0.3) is 0 Å². The lowest BCUT2D eigenvalue weighted by molar-refractivity contribution is -0.141. The molecule has 6 heteroatoms. The van der Waals surface area contributed by atoms with Crippen molar-refractivity contribution < 1.29 is 14.7 Å². The van der Waals surface area contributed by atoms with Gasteiger partial charge in [-0.1, -0.05) is 23.7 Å². The number of aryl methyl sites for hydroxylation is 1. The number of amides is 2. The predicted octanol–water partition coefficient (Wildman–Crippen LogP) is 2.39. The minimum atomic E-state index is -0.826. The van der Waals surface area contributed by atoms with Crippen molar-refractivity contribution in [2.75, 3.05) is 19.6 Å². The van der Waals surface area contributed by atoms with Gasteiger partial charge in [-0.2, -0.15) is 0 Å². The van der Waals surface area contributed by atoms with Crippen LogP contribution >= 0.6 is 11.6 Å². The summed E-state index contributed by atoms with van der Waals surface area (Å²) in [5, 5.41) is 12.5. The van der Waals surface area contributed by atoms with Crippen LogP contribution in [0.1, 0.15) is 18.4 Å². The molecule has 1 fully saturated rings. The van der Waals surface area contributed by atoms with Gasteiger partial charge >= 0.3 is 12.0 Å². The van der Waals surface area contributed by atoms with Crippen molar-refractivity contribution in [2.24, 2.45) is 5.92 Å². The fourth-order valence-corrected chi connectivity index (χ4v) is 2.52. The molecular formula is C15H19ClN2O3. The summed E-state index contributed by atoms with van der Waals surface area (Å²) in [7, 11) is 0. The summed E-state index contributed by atoms with van der Waals surface area (Å²) < 4.78 is 0. The maximum Gasteiger partial charge on any atom is 0.317 e. The van der Waals surface area contributed by atoms with Gasteiger partial charge in [0.15, 0.2) is 0 Å². The molecule has 1 aliphatic heterocycles. The molecule has 1 heterocycles. The molecule has 1 aromatic rings. The molecule has 2 N–H and O–H groups in total. The highest BCUT2D eigenvalue weighted by Gasteiger charge is 2.30. The van der Waals surface area contributed by atoms with Gasteiger partial charge in [0, 0.05) is 24.7 Å². The van der Waals surface area contributed by atoms with E-state index in [-0.39, 0.29) is 6.03 Å². The average molecular weight is 311 g/mol. The zero-order valence-corrected chi connectivity index (χ0v) is 12.5. The number of carbonyl (C=O) groups excluding carboxylic acids is 1. The van der Waals surface area contributed by atoms with Crippen LogP contribution in [0.15, 0.2) is 24.3 Å². The van der Waals surface area contributed by atoms with Gasteiger partial charge < -0.3 is 15.3 Å². The van der Waals surface area contributed by atoms with Gasteiger partial charge in [0.1, 0.15) is 0 Å². The normalized spacial score (nSPS) is 17.8. The Morgan fingerprint density at radius 3 is 2.67 bits per heavy atom. The van der Waals surface area contributed by atoms with Crippen molar-refractivity contribution in [3.05, 3.63) is 34.9 Å². The fraction of sp³-hybridized carbons (Fsp3) is 0.467. The number of carboxylic acid groups (broad SMARTS) is 1. The topological polar surface area (TPSA) is 69.6 Å². The van der Waals surface area contributed by atoms with Crippen LogP contribution in [0.3, 0.4) is 0 Å². The molecule has 0 spiro atoms. The number of carbonyl (C=O) groups is 2. The van der Waals surface area contributed by atoms with E-state index in [1.54, 1.807) is 4.90 Å². The van der Waals surface area contributed by atoms with Gasteiger partial charge in [-0.15, -0.1) is 0 Å². The number of nitrogens with zero attached hydrogens (tertiary/aromatic N) is 1. The number of hydrogen-bond donors (Lipinski definition) is 2. The summed E-state index contributed by atoms with van der Waals surface area (Å²) in [5.41, 5.74) is 1.18. The number of aliphatic carboxylic acids is 1. The number of nitrogens with one attached hydrogen (secondary N) is 1. The Bertz CT molecular complexity index is 504. The van der Waals surface area contributed by atoms with Crippen LogP contribution in [0.4, 0.5) is 4.79 Å². The van der Waals surface area contributed by atoms with E-state index in [4.69, 9.17) is 16.7 Å². The van der Waals surface area contributed by atoms with Crippen LogP contribution in [0.5, 0.6) is 0 Å². The van der Waals surface area contributed by atoms with Crippen molar-refractivity contribution in [1.29, 1.82) is 0 Å². The van der Waals surface area contributed by atoms with Gasteiger partial charge in [-0.05, 0) is 37.0 Å². The molecule has 1 aliphatic rings. The van der Waals surface area contributed by atoms with Crippen LogP contribution in [0, 0.1) is 5.92 Å². The van der Waals surface area contributed by atoms with E-state index in [1.165, 1.54) is 5.56 Å². The number of carboxylic acids is 1. The molecule has 2 amide bonds. The van der Waals surface area contributed by atoms with Gasteiger partial charge in [-0.3, -0.25) is 4.79 Å². The number of urea groups is 1. The Kier molecular flexibility index (Phi) is 5.44. The van der Waals surface area contributed by atoms with Gasteiger partial charge in [0.05, 0.1) is 5.92 Å². The summed E-state index contributed by atoms with van der Waals surface area (Å²) in [5.74, 6) is -1.25. The fourth-order valence-electron chi connectivity index (χ4n) is 2.40. The monoisotopic (exact) mass is 310 g/mol. The predicted molar refractivity (Wildman–Crippen MR) is 80.5 cm³/mol. The lowest BCUT2D eigenvalue weighted by Gasteiger charge is -2.16. The van der Waals surface area contributed by atoms with E-state index in [0.29, 0.717) is 31.1 Å². The Morgan fingerprint density at radius 1 is 1.33 bits per heavy atom. The Morgan fingerprint density at radius 2 is 2.05 bits per heavy atom. The molecule has 2 rings (SSSR count). The molecule has 0 aliphatic carbocycles. The number of halogens is 1. The maximum absolute atomic E-state index is 11.9. The molecular weight excluding hydrogens is 292 g/mol. The number of likely N-dealkylation sites (tertiary alicyclic amines) is 1. The smallest absolute Gasteiger partial charge is 0.317 e. The first-order valence-corrected chi connectivity index (χ1v) is 7.44. The first-order valence-electron chi connectivity index (χ1n) is 7.06. The van der Waals surface area contributed by atoms with Gasteiger partial charge in [0.25, 0.3) is 0 Å². The second-order valence-electron chi connectivity index (χ2n) is 5.23. The van der Waals surface area contributed by atoms with Gasteiger partial charge in [0.2, 0.25) is 0 Å². The molecule has 0 saturated carbocycles. The van der Waals surface area contributed by atoms with Crippen molar-refractivity contribution in [2.45, 2.75) is 19.3 Å². The third-order valence-electron chi connectivity index (χ3n) is 3.66. The van der Waals surface area contributed by atoms with E-state index in [2.05, 4.69) is 5.32 Å². The van der Waals surface area contributed by atoms with E-state index in [9.17, 15) is 9.59 Å². The second kappa shape index (κ2) is 7.31. The zero-order chi connectivity index (χ0) is 15.2. The molecule has 1 aromatic carbocycles. The minimum Gasteiger partial charge on any atom is -0.481 e. The Balaban J connectivity index is 1.66. The zero-order valence-electron chi connectivity index (χ0n) is 11.7. The van der Waals surface area contributed by atoms with Gasteiger partial charge in [-0.25, -0.2) is 4.79 Å². The largest absolute Gasteiger partial charge is 0.481 e. The molecule has 0 aromatic heterocycles. The average Bonchev–Trinajstić information content (AvgIpc) is 2.95. The van der Waals surface area contributed by atoms with Crippen LogP contribution in [0.2, 0.25) is 5.02 Å². The highest BCUT2D eigenvalue weighted by Crippen LogP contribution is 2.16. The lowest BCUT2D eigenvalue weighted by atomic mass is 10.1. The first kappa shape index (κ1) is 15.6. The highest BCUT2D eigenvalue weighted by molar-refractivity contribution is 6.30. The lowest BCUT2D eigenvalue weighted by Crippen LogP contribution is -2.39. The minimum absolute atomic E-state index is 0.171.